The van der Waals surface area contributed by atoms with Crippen LogP contribution in [0.4, 0.5) is 23.2 Å². The fourth-order valence-corrected chi connectivity index (χ4v) is 1.80. The molecule has 1 atom stereocenters. The van der Waals surface area contributed by atoms with Crippen molar-refractivity contribution in [3.63, 3.8) is 0 Å². The second-order valence-electron chi connectivity index (χ2n) is 4.14. The van der Waals surface area contributed by atoms with Gasteiger partial charge in [0.05, 0.1) is 11.7 Å². The molecule has 0 saturated heterocycles. The molecule has 1 unspecified atom stereocenters. The van der Waals surface area contributed by atoms with Gasteiger partial charge in [-0.15, -0.1) is 0 Å². The molecule has 0 fully saturated rings. The van der Waals surface area contributed by atoms with Gasteiger partial charge in [-0.25, -0.2) is 17.6 Å². The number of hydrogen-bond donors (Lipinski definition) is 1. The zero-order valence-corrected chi connectivity index (χ0v) is 10.1. The van der Waals surface area contributed by atoms with Gasteiger partial charge in [0.15, 0.2) is 11.6 Å². The highest BCUT2D eigenvalue weighted by molar-refractivity contribution is 5.47. The maximum atomic E-state index is 13.5. The van der Waals surface area contributed by atoms with E-state index in [1.165, 1.54) is 18.2 Å². The van der Waals surface area contributed by atoms with Crippen molar-refractivity contribution < 1.29 is 17.6 Å². The first-order chi connectivity index (χ1) is 8.99. The van der Waals surface area contributed by atoms with Crippen LogP contribution in [0.5, 0.6) is 0 Å². The van der Waals surface area contributed by atoms with Crippen LogP contribution >= 0.6 is 0 Å². The number of hydrogen-bond acceptors (Lipinski definition) is 1. The largest absolute Gasteiger partial charge is 0.376 e. The SMILES string of the molecule is CC(Nc1cc(F)cc(F)c1F)c1ccccc1F. The van der Waals surface area contributed by atoms with Gasteiger partial charge in [0.25, 0.3) is 0 Å². The summed E-state index contributed by atoms with van der Waals surface area (Å²) < 4.78 is 53.0. The zero-order valence-electron chi connectivity index (χ0n) is 10.1. The van der Waals surface area contributed by atoms with E-state index < -0.39 is 29.3 Å². The first-order valence-electron chi connectivity index (χ1n) is 5.64. The van der Waals surface area contributed by atoms with Gasteiger partial charge in [0, 0.05) is 17.7 Å². The third-order valence-electron chi connectivity index (χ3n) is 2.74. The van der Waals surface area contributed by atoms with E-state index in [-0.39, 0.29) is 11.3 Å². The molecule has 2 aromatic carbocycles. The number of nitrogens with one attached hydrogen (secondary N) is 1. The van der Waals surface area contributed by atoms with E-state index in [2.05, 4.69) is 5.32 Å². The predicted molar refractivity (Wildman–Crippen MR) is 64.8 cm³/mol. The number of benzene rings is 2. The van der Waals surface area contributed by atoms with Crippen LogP contribution in [0.3, 0.4) is 0 Å². The number of rotatable bonds is 3. The van der Waals surface area contributed by atoms with Crippen molar-refractivity contribution in [2.75, 3.05) is 5.32 Å². The summed E-state index contributed by atoms with van der Waals surface area (Å²) in [5.74, 6) is -3.85. The topological polar surface area (TPSA) is 12.0 Å². The molecule has 0 spiro atoms. The average molecular weight is 269 g/mol. The molecule has 2 aromatic rings. The van der Waals surface area contributed by atoms with Gasteiger partial charge >= 0.3 is 0 Å². The first-order valence-corrected chi connectivity index (χ1v) is 5.64. The predicted octanol–water partition coefficient (Wildman–Crippen LogP) is 4.42. The summed E-state index contributed by atoms with van der Waals surface area (Å²) in [4.78, 5) is 0. The van der Waals surface area contributed by atoms with Crippen molar-refractivity contribution in [3.8, 4) is 0 Å². The van der Waals surface area contributed by atoms with Crippen LogP contribution in [-0.4, -0.2) is 0 Å². The maximum Gasteiger partial charge on any atom is 0.182 e. The lowest BCUT2D eigenvalue weighted by Crippen LogP contribution is -2.10. The molecule has 0 radical (unpaired) electrons. The van der Waals surface area contributed by atoms with E-state index in [0.29, 0.717) is 6.07 Å². The van der Waals surface area contributed by atoms with Gasteiger partial charge in [-0.2, -0.15) is 0 Å². The van der Waals surface area contributed by atoms with E-state index in [0.717, 1.165) is 6.07 Å². The maximum absolute atomic E-state index is 13.5. The second-order valence-corrected chi connectivity index (χ2v) is 4.14. The molecule has 19 heavy (non-hydrogen) atoms. The molecule has 0 bridgehead atoms. The van der Waals surface area contributed by atoms with Crippen LogP contribution in [-0.2, 0) is 0 Å². The Morgan fingerprint density at radius 2 is 1.63 bits per heavy atom. The minimum absolute atomic E-state index is 0.284. The number of anilines is 1. The molecule has 0 aliphatic heterocycles. The molecule has 0 saturated carbocycles. The van der Waals surface area contributed by atoms with Crippen molar-refractivity contribution in [2.45, 2.75) is 13.0 Å². The van der Waals surface area contributed by atoms with Gasteiger partial charge in [-0.1, -0.05) is 18.2 Å². The Labute approximate surface area is 107 Å². The van der Waals surface area contributed by atoms with Crippen molar-refractivity contribution in [3.05, 3.63) is 65.2 Å². The summed E-state index contributed by atoms with van der Waals surface area (Å²) in [5.41, 5.74) is -0.0557. The van der Waals surface area contributed by atoms with Gasteiger partial charge in [-0.3, -0.25) is 0 Å². The van der Waals surface area contributed by atoms with Gasteiger partial charge < -0.3 is 5.32 Å². The Morgan fingerprint density at radius 3 is 2.32 bits per heavy atom. The fourth-order valence-electron chi connectivity index (χ4n) is 1.80. The van der Waals surface area contributed by atoms with E-state index in [9.17, 15) is 17.6 Å². The molecule has 1 nitrogen and oxygen atoms in total. The van der Waals surface area contributed by atoms with Gasteiger partial charge in [0.2, 0.25) is 0 Å². The molecule has 100 valence electrons. The molecule has 0 aromatic heterocycles. The smallest absolute Gasteiger partial charge is 0.182 e. The highest BCUT2D eigenvalue weighted by Crippen LogP contribution is 2.25. The van der Waals surface area contributed by atoms with Crippen LogP contribution in [0.15, 0.2) is 36.4 Å². The van der Waals surface area contributed by atoms with Gasteiger partial charge in [-0.05, 0) is 13.0 Å². The van der Waals surface area contributed by atoms with Crippen molar-refractivity contribution >= 4 is 5.69 Å². The summed E-state index contributed by atoms with van der Waals surface area (Å²) in [6, 6.07) is 6.57. The first kappa shape index (κ1) is 13.4. The Morgan fingerprint density at radius 1 is 0.947 bits per heavy atom. The van der Waals surface area contributed by atoms with Crippen LogP contribution < -0.4 is 5.32 Å². The second kappa shape index (κ2) is 5.30. The highest BCUT2D eigenvalue weighted by Gasteiger charge is 2.15. The lowest BCUT2D eigenvalue weighted by molar-refractivity contribution is 0.496. The van der Waals surface area contributed by atoms with E-state index in [1.54, 1.807) is 13.0 Å². The Hall–Kier alpha value is -2.04. The number of halogens is 4. The summed E-state index contributed by atoms with van der Waals surface area (Å²) in [6.45, 7) is 1.57. The van der Waals surface area contributed by atoms with Gasteiger partial charge in [0.1, 0.15) is 11.6 Å². The fraction of sp³-hybridized carbons (Fsp3) is 0.143. The summed E-state index contributed by atoms with van der Waals surface area (Å²) in [6.07, 6.45) is 0. The van der Waals surface area contributed by atoms with Crippen LogP contribution in [0.1, 0.15) is 18.5 Å². The molecule has 2 rings (SSSR count). The molecule has 0 amide bonds. The molecule has 0 heterocycles. The van der Waals surface area contributed by atoms with Crippen molar-refractivity contribution in [1.29, 1.82) is 0 Å². The third-order valence-corrected chi connectivity index (χ3v) is 2.74. The summed E-state index contributed by atoms with van der Waals surface area (Å²) in [7, 11) is 0. The Kier molecular flexibility index (Phi) is 3.74. The molecular formula is C14H11F4N. The monoisotopic (exact) mass is 269 g/mol. The van der Waals surface area contributed by atoms with E-state index in [4.69, 9.17) is 0 Å². The molecular weight excluding hydrogens is 258 g/mol. The third kappa shape index (κ3) is 2.86. The minimum atomic E-state index is -1.29. The Bertz CT molecular complexity index is 598. The van der Waals surface area contributed by atoms with Crippen LogP contribution in [0.25, 0.3) is 0 Å². The molecule has 5 heteroatoms. The van der Waals surface area contributed by atoms with Crippen molar-refractivity contribution in [2.24, 2.45) is 0 Å². The Balaban J connectivity index is 2.29. The quantitative estimate of drug-likeness (QED) is 0.642. The normalized spacial score (nSPS) is 12.3. The average Bonchev–Trinajstić information content (AvgIpc) is 2.35. The highest BCUT2D eigenvalue weighted by atomic mass is 19.2. The van der Waals surface area contributed by atoms with E-state index in [1.807, 2.05) is 0 Å². The molecule has 0 aliphatic rings. The molecule has 1 N–H and O–H groups in total. The van der Waals surface area contributed by atoms with Crippen LogP contribution in [0.2, 0.25) is 0 Å². The molecule has 0 aliphatic carbocycles. The lowest BCUT2D eigenvalue weighted by atomic mass is 10.1. The van der Waals surface area contributed by atoms with Crippen LogP contribution in [0, 0.1) is 23.3 Å². The standard InChI is InChI=1S/C14H11F4N/c1-8(10-4-2-3-5-11(10)16)19-13-7-9(15)6-12(17)14(13)18/h2-8,19H,1H3. The summed E-state index contributed by atoms with van der Waals surface area (Å²) in [5, 5.41) is 2.55. The van der Waals surface area contributed by atoms with E-state index >= 15 is 0 Å². The zero-order chi connectivity index (χ0) is 14.0. The van der Waals surface area contributed by atoms with Crippen molar-refractivity contribution in [1.82, 2.24) is 0 Å². The summed E-state index contributed by atoms with van der Waals surface area (Å²) >= 11 is 0. The minimum Gasteiger partial charge on any atom is -0.376 e. The lowest BCUT2D eigenvalue weighted by Gasteiger charge is -2.17.